The number of urea groups is 1. The van der Waals surface area contributed by atoms with Gasteiger partial charge >= 0.3 is 12.1 Å². The fourth-order valence-corrected chi connectivity index (χ4v) is 1.66. The molecule has 0 spiro atoms. The van der Waals surface area contributed by atoms with Crippen molar-refractivity contribution in [1.29, 1.82) is 0 Å². The van der Waals surface area contributed by atoms with Gasteiger partial charge in [-0.3, -0.25) is 0 Å². The van der Waals surface area contributed by atoms with Crippen molar-refractivity contribution < 1.29 is 14.3 Å². The number of benzene rings is 1. The molecule has 1 aliphatic heterocycles. The van der Waals surface area contributed by atoms with Crippen LogP contribution in [-0.4, -0.2) is 29.6 Å². The third-order valence-corrected chi connectivity index (χ3v) is 2.61. The van der Waals surface area contributed by atoms with E-state index in [0.717, 1.165) is 10.5 Å². The van der Waals surface area contributed by atoms with E-state index in [4.69, 9.17) is 4.74 Å². The fraction of sp³-hybridized carbons (Fsp3) is 0.333. The average Bonchev–Trinajstić information content (AvgIpc) is 2.67. The van der Waals surface area contributed by atoms with Gasteiger partial charge in [-0.15, -0.1) is 0 Å². The molecule has 0 radical (unpaired) electrons. The summed E-state index contributed by atoms with van der Waals surface area (Å²) in [5, 5.41) is 2.58. The quantitative estimate of drug-likeness (QED) is 0.847. The van der Waals surface area contributed by atoms with Gasteiger partial charge in [-0.2, -0.15) is 0 Å². The summed E-state index contributed by atoms with van der Waals surface area (Å²) in [6.07, 6.45) is -0.601. The van der Waals surface area contributed by atoms with Crippen LogP contribution < -0.4 is 5.32 Å². The minimum absolute atomic E-state index is 0.161. The first kappa shape index (κ1) is 11.4. The summed E-state index contributed by atoms with van der Waals surface area (Å²) < 4.78 is 5.08. The van der Waals surface area contributed by atoms with E-state index in [-0.39, 0.29) is 12.6 Å². The second-order valence-corrected chi connectivity index (χ2v) is 3.95. The Balaban J connectivity index is 1.91. The van der Waals surface area contributed by atoms with E-state index in [1.165, 1.54) is 0 Å². The molecule has 1 heterocycles. The molecule has 1 atom stereocenters. The summed E-state index contributed by atoms with van der Waals surface area (Å²) in [5.41, 5.74) is 0.896. The monoisotopic (exact) mass is 234 g/mol. The van der Waals surface area contributed by atoms with Crippen LogP contribution in [0.3, 0.4) is 0 Å². The number of hydrogen-bond donors (Lipinski definition) is 1. The first-order chi connectivity index (χ1) is 8.18. The van der Waals surface area contributed by atoms with Crippen molar-refractivity contribution in [2.45, 2.75) is 19.6 Å². The molecule has 5 nitrogen and oxygen atoms in total. The predicted molar refractivity (Wildman–Crippen MR) is 61.3 cm³/mol. The summed E-state index contributed by atoms with van der Waals surface area (Å²) >= 11 is 0. The molecule has 2 rings (SSSR count). The van der Waals surface area contributed by atoms with Crippen molar-refractivity contribution in [2.75, 3.05) is 6.54 Å². The van der Waals surface area contributed by atoms with Gasteiger partial charge < -0.3 is 10.1 Å². The third kappa shape index (κ3) is 2.55. The molecular formula is C12H14N2O3. The standard InChI is InChI=1S/C12H14N2O3/c1-9-7-13-11(15)14(9)12(16)17-8-10-5-3-2-4-6-10/h2-6,9H,7-8H2,1H3,(H,13,15)/t9-/m0/s1. The largest absolute Gasteiger partial charge is 0.444 e. The van der Waals surface area contributed by atoms with Crippen LogP contribution in [0.2, 0.25) is 0 Å². The van der Waals surface area contributed by atoms with Crippen LogP contribution in [0.5, 0.6) is 0 Å². The van der Waals surface area contributed by atoms with Gasteiger partial charge in [0, 0.05) is 6.54 Å². The highest BCUT2D eigenvalue weighted by atomic mass is 16.6. The molecule has 1 aromatic rings. The van der Waals surface area contributed by atoms with Crippen molar-refractivity contribution in [3.63, 3.8) is 0 Å². The maximum Gasteiger partial charge on any atom is 0.418 e. The molecule has 3 amide bonds. The molecule has 0 aliphatic carbocycles. The number of imide groups is 1. The number of nitrogens with one attached hydrogen (secondary N) is 1. The summed E-state index contributed by atoms with van der Waals surface area (Å²) in [7, 11) is 0. The lowest BCUT2D eigenvalue weighted by Gasteiger charge is -2.17. The van der Waals surface area contributed by atoms with E-state index in [1.54, 1.807) is 6.92 Å². The van der Waals surface area contributed by atoms with Crippen LogP contribution in [0.25, 0.3) is 0 Å². The number of hydrogen-bond acceptors (Lipinski definition) is 3. The Labute approximate surface area is 99.4 Å². The van der Waals surface area contributed by atoms with E-state index in [9.17, 15) is 9.59 Å². The number of ether oxygens (including phenoxy) is 1. The Kier molecular flexibility index (Phi) is 3.27. The first-order valence-electron chi connectivity index (χ1n) is 5.46. The Morgan fingerprint density at radius 1 is 1.47 bits per heavy atom. The molecule has 5 heteroatoms. The van der Waals surface area contributed by atoms with E-state index >= 15 is 0 Å². The Bertz CT molecular complexity index is 419. The SMILES string of the molecule is C[C@H]1CNC(=O)N1C(=O)OCc1ccccc1. The van der Waals surface area contributed by atoms with Gasteiger partial charge in [-0.1, -0.05) is 30.3 Å². The van der Waals surface area contributed by atoms with Gasteiger partial charge in [-0.05, 0) is 12.5 Å². The van der Waals surface area contributed by atoms with Crippen molar-refractivity contribution in [3.05, 3.63) is 35.9 Å². The molecule has 90 valence electrons. The second-order valence-electron chi connectivity index (χ2n) is 3.95. The number of nitrogens with zero attached hydrogens (tertiary/aromatic N) is 1. The van der Waals surface area contributed by atoms with Crippen molar-refractivity contribution in [2.24, 2.45) is 0 Å². The topological polar surface area (TPSA) is 58.6 Å². The molecule has 0 aromatic heterocycles. The molecule has 1 fully saturated rings. The zero-order chi connectivity index (χ0) is 12.3. The van der Waals surface area contributed by atoms with Crippen LogP contribution in [0.4, 0.5) is 9.59 Å². The van der Waals surface area contributed by atoms with Crippen molar-refractivity contribution >= 4 is 12.1 Å². The van der Waals surface area contributed by atoms with Gasteiger partial charge in [-0.25, -0.2) is 14.5 Å². The summed E-state index contributed by atoms with van der Waals surface area (Å²) in [5.74, 6) is 0. The third-order valence-electron chi connectivity index (χ3n) is 2.61. The van der Waals surface area contributed by atoms with Crippen LogP contribution in [0, 0.1) is 0 Å². The van der Waals surface area contributed by atoms with Gasteiger partial charge in [0.1, 0.15) is 6.61 Å². The summed E-state index contributed by atoms with van der Waals surface area (Å²) in [6.45, 7) is 2.44. The average molecular weight is 234 g/mol. The maximum absolute atomic E-state index is 11.7. The van der Waals surface area contributed by atoms with E-state index < -0.39 is 12.1 Å². The Hall–Kier alpha value is -2.04. The van der Waals surface area contributed by atoms with Crippen molar-refractivity contribution in [1.82, 2.24) is 10.2 Å². The van der Waals surface area contributed by atoms with Crippen LogP contribution in [-0.2, 0) is 11.3 Å². The zero-order valence-electron chi connectivity index (χ0n) is 9.55. The lowest BCUT2D eigenvalue weighted by Crippen LogP contribution is -2.38. The number of rotatable bonds is 2. The Morgan fingerprint density at radius 3 is 2.76 bits per heavy atom. The van der Waals surface area contributed by atoms with Crippen LogP contribution in [0.1, 0.15) is 12.5 Å². The van der Waals surface area contributed by atoms with Gasteiger partial charge in [0.2, 0.25) is 0 Å². The Morgan fingerprint density at radius 2 is 2.18 bits per heavy atom. The number of carbonyl (C=O) groups is 2. The maximum atomic E-state index is 11.7. The lowest BCUT2D eigenvalue weighted by molar-refractivity contribution is 0.103. The fourth-order valence-electron chi connectivity index (χ4n) is 1.66. The summed E-state index contributed by atoms with van der Waals surface area (Å²) in [4.78, 5) is 24.1. The summed E-state index contributed by atoms with van der Waals surface area (Å²) in [6, 6.07) is 8.80. The molecule has 17 heavy (non-hydrogen) atoms. The molecule has 1 saturated heterocycles. The molecule has 1 N–H and O–H groups in total. The van der Waals surface area contributed by atoms with Gasteiger partial charge in [0.05, 0.1) is 6.04 Å². The van der Waals surface area contributed by atoms with Gasteiger partial charge in [0.15, 0.2) is 0 Å². The smallest absolute Gasteiger partial charge is 0.418 e. The zero-order valence-corrected chi connectivity index (χ0v) is 9.55. The van der Waals surface area contributed by atoms with Gasteiger partial charge in [0.25, 0.3) is 0 Å². The minimum atomic E-state index is -0.601. The normalized spacial score (nSPS) is 19.0. The highest BCUT2D eigenvalue weighted by Crippen LogP contribution is 2.10. The number of carbonyl (C=O) groups excluding carboxylic acids is 2. The second kappa shape index (κ2) is 4.86. The molecular weight excluding hydrogens is 220 g/mol. The van der Waals surface area contributed by atoms with E-state index in [1.807, 2.05) is 30.3 Å². The number of amides is 3. The molecule has 0 bridgehead atoms. The highest BCUT2D eigenvalue weighted by Gasteiger charge is 2.33. The molecule has 0 unspecified atom stereocenters. The molecule has 1 aliphatic rings. The predicted octanol–water partition coefficient (Wildman–Crippen LogP) is 1.74. The highest BCUT2D eigenvalue weighted by molar-refractivity contribution is 5.92. The first-order valence-corrected chi connectivity index (χ1v) is 5.46. The van der Waals surface area contributed by atoms with Crippen LogP contribution in [0.15, 0.2) is 30.3 Å². The van der Waals surface area contributed by atoms with E-state index in [0.29, 0.717) is 6.54 Å². The molecule has 1 aromatic carbocycles. The molecule has 0 saturated carbocycles. The van der Waals surface area contributed by atoms with E-state index in [2.05, 4.69) is 5.32 Å². The van der Waals surface area contributed by atoms with Crippen molar-refractivity contribution in [3.8, 4) is 0 Å². The lowest BCUT2D eigenvalue weighted by atomic mass is 10.2. The van der Waals surface area contributed by atoms with Crippen LogP contribution >= 0.6 is 0 Å². The minimum Gasteiger partial charge on any atom is -0.444 e.